The van der Waals surface area contributed by atoms with E-state index in [4.69, 9.17) is 26.0 Å². The molecular formula is C30H39N5O4. The first kappa shape index (κ1) is 28.1. The summed E-state index contributed by atoms with van der Waals surface area (Å²) in [7, 11) is 0. The molecule has 208 valence electrons. The molecule has 0 radical (unpaired) electrons. The van der Waals surface area contributed by atoms with Gasteiger partial charge in [-0.15, -0.1) is 0 Å². The molecule has 0 spiro atoms. The van der Waals surface area contributed by atoms with Crippen LogP contribution in [-0.4, -0.2) is 70.7 Å². The van der Waals surface area contributed by atoms with E-state index in [9.17, 15) is 9.59 Å². The number of likely N-dealkylation sites (tertiary alicyclic amines) is 1. The van der Waals surface area contributed by atoms with E-state index in [0.717, 1.165) is 42.8 Å². The molecule has 2 aromatic rings. The molecule has 1 fully saturated rings. The first-order valence-corrected chi connectivity index (χ1v) is 13.5. The van der Waals surface area contributed by atoms with Gasteiger partial charge in [0.25, 0.3) is 5.91 Å². The van der Waals surface area contributed by atoms with Crippen LogP contribution in [-0.2, 0) is 22.4 Å². The maximum Gasteiger partial charge on any atom is 0.329 e. The van der Waals surface area contributed by atoms with Gasteiger partial charge in [0, 0.05) is 50.0 Å². The Hall–Kier alpha value is -3.88. The van der Waals surface area contributed by atoms with Crippen LogP contribution in [0.5, 0.6) is 5.75 Å². The van der Waals surface area contributed by atoms with Crippen molar-refractivity contribution < 1.29 is 19.1 Å². The van der Waals surface area contributed by atoms with E-state index >= 15 is 0 Å². The van der Waals surface area contributed by atoms with Crippen molar-refractivity contribution in [1.29, 1.82) is 10.8 Å². The van der Waals surface area contributed by atoms with Crippen molar-refractivity contribution in [1.82, 2.24) is 9.80 Å². The van der Waals surface area contributed by atoms with Gasteiger partial charge >= 0.3 is 5.97 Å². The second-order valence-corrected chi connectivity index (χ2v) is 11.3. The smallest absolute Gasteiger partial charge is 0.329 e. The SMILES string of the molecule is CC(=N)N1CCC(Oc2ccc3c(c2)CCN(C(Cc2cccc(C(=N)N)c2)C(=O)OC(C)(C)C)C3=O)CC1. The maximum atomic E-state index is 13.7. The number of nitrogens with zero attached hydrogens (tertiary/aromatic N) is 2. The molecular weight excluding hydrogens is 494 g/mol. The van der Waals surface area contributed by atoms with Crippen molar-refractivity contribution in [2.45, 2.75) is 71.1 Å². The van der Waals surface area contributed by atoms with E-state index in [1.807, 2.05) is 45.9 Å². The number of nitrogens with one attached hydrogen (secondary N) is 2. The zero-order valence-electron chi connectivity index (χ0n) is 23.3. The van der Waals surface area contributed by atoms with Gasteiger partial charge in [-0.1, -0.05) is 18.2 Å². The van der Waals surface area contributed by atoms with Crippen LogP contribution >= 0.6 is 0 Å². The van der Waals surface area contributed by atoms with Crippen LogP contribution in [0.2, 0.25) is 0 Å². The Bertz CT molecular complexity index is 1260. The third kappa shape index (κ3) is 6.96. The Balaban J connectivity index is 1.52. The van der Waals surface area contributed by atoms with Crippen molar-refractivity contribution >= 4 is 23.5 Å². The van der Waals surface area contributed by atoms with Crippen LogP contribution < -0.4 is 10.5 Å². The molecule has 0 bridgehead atoms. The van der Waals surface area contributed by atoms with E-state index in [1.54, 1.807) is 29.2 Å². The monoisotopic (exact) mass is 533 g/mol. The predicted octanol–water partition coefficient (Wildman–Crippen LogP) is 3.76. The normalized spacial score (nSPS) is 16.9. The largest absolute Gasteiger partial charge is 0.490 e. The van der Waals surface area contributed by atoms with Crippen molar-refractivity contribution in [3.8, 4) is 5.75 Å². The fraction of sp³-hybridized carbons (Fsp3) is 0.467. The lowest BCUT2D eigenvalue weighted by atomic mass is 9.95. The average Bonchev–Trinajstić information content (AvgIpc) is 2.87. The number of carbonyl (C=O) groups is 2. The molecule has 0 aromatic heterocycles. The summed E-state index contributed by atoms with van der Waals surface area (Å²) in [5.41, 5.74) is 7.80. The summed E-state index contributed by atoms with van der Waals surface area (Å²) in [4.78, 5) is 30.7. The fourth-order valence-corrected chi connectivity index (χ4v) is 5.13. The number of nitrogens with two attached hydrogens (primary N) is 1. The standard InChI is InChI=1S/C30H39N5O4/c1-19(31)34-13-11-23(12-14-34)38-24-8-9-25-21(18-24)10-15-35(28(25)36)26(29(37)39-30(2,3)4)17-20-6-5-7-22(16-20)27(32)33/h5-9,16,18,23,26,31H,10-15,17H2,1-4H3,(H3,32,33). The van der Waals surface area contributed by atoms with E-state index in [-0.39, 0.29) is 24.3 Å². The minimum Gasteiger partial charge on any atom is -0.490 e. The van der Waals surface area contributed by atoms with Gasteiger partial charge in [-0.25, -0.2) is 4.79 Å². The van der Waals surface area contributed by atoms with E-state index in [2.05, 4.69) is 4.90 Å². The first-order chi connectivity index (χ1) is 18.4. The van der Waals surface area contributed by atoms with Gasteiger partial charge in [0.1, 0.15) is 29.3 Å². The number of amides is 1. The molecule has 4 N–H and O–H groups in total. The summed E-state index contributed by atoms with van der Waals surface area (Å²) < 4.78 is 12.0. The molecule has 4 rings (SSSR count). The van der Waals surface area contributed by atoms with Gasteiger partial charge in [-0.05, 0) is 69.5 Å². The molecule has 2 heterocycles. The molecule has 1 amide bonds. The van der Waals surface area contributed by atoms with Crippen molar-refractivity contribution in [3.05, 3.63) is 64.7 Å². The number of hydrogen-bond acceptors (Lipinski definition) is 6. The molecule has 0 saturated carbocycles. The van der Waals surface area contributed by atoms with E-state index < -0.39 is 17.6 Å². The van der Waals surface area contributed by atoms with Crippen LogP contribution in [0.3, 0.4) is 0 Å². The number of ether oxygens (including phenoxy) is 2. The van der Waals surface area contributed by atoms with Crippen molar-refractivity contribution in [2.75, 3.05) is 19.6 Å². The zero-order chi connectivity index (χ0) is 28.3. The Labute approximate surface area is 230 Å². The molecule has 1 saturated heterocycles. The highest BCUT2D eigenvalue weighted by Crippen LogP contribution is 2.28. The Kier molecular flexibility index (Phi) is 8.28. The predicted molar refractivity (Wildman–Crippen MR) is 151 cm³/mol. The van der Waals surface area contributed by atoms with Crippen LogP contribution in [0.4, 0.5) is 0 Å². The van der Waals surface area contributed by atoms with Crippen molar-refractivity contribution in [3.63, 3.8) is 0 Å². The van der Waals surface area contributed by atoms with Gasteiger partial charge in [-0.2, -0.15) is 0 Å². The number of amidine groups is 2. The topological polar surface area (TPSA) is 133 Å². The highest BCUT2D eigenvalue weighted by molar-refractivity contribution is 5.99. The van der Waals surface area contributed by atoms with Crippen LogP contribution in [0, 0.1) is 10.8 Å². The van der Waals surface area contributed by atoms with Crippen LogP contribution in [0.15, 0.2) is 42.5 Å². The minimum atomic E-state index is -0.814. The Morgan fingerprint density at radius 1 is 1.10 bits per heavy atom. The summed E-state index contributed by atoms with van der Waals surface area (Å²) in [6.45, 7) is 9.22. The molecule has 2 aliphatic heterocycles. The lowest BCUT2D eigenvalue weighted by molar-refractivity contribution is -0.160. The van der Waals surface area contributed by atoms with Crippen LogP contribution in [0.25, 0.3) is 0 Å². The molecule has 9 nitrogen and oxygen atoms in total. The summed E-state index contributed by atoms with van der Waals surface area (Å²) in [6, 6.07) is 11.9. The molecule has 1 atom stereocenters. The van der Waals surface area contributed by atoms with Gasteiger partial charge in [0.15, 0.2) is 0 Å². The minimum absolute atomic E-state index is 0.0537. The number of carbonyl (C=O) groups excluding carboxylic acids is 2. The lowest BCUT2D eigenvalue weighted by Crippen LogP contribution is -2.51. The van der Waals surface area contributed by atoms with Crippen molar-refractivity contribution in [2.24, 2.45) is 5.73 Å². The summed E-state index contributed by atoms with van der Waals surface area (Å²) in [5, 5.41) is 15.6. The summed E-state index contributed by atoms with van der Waals surface area (Å²) in [5.74, 6) is 0.600. The molecule has 2 aliphatic rings. The van der Waals surface area contributed by atoms with Gasteiger partial charge in [0.2, 0.25) is 0 Å². The summed E-state index contributed by atoms with van der Waals surface area (Å²) in [6.07, 6.45) is 2.63. The molecule has 0 aliphatic carbocycles. The van der Waals surface area contributed by atoms with Gasteiger partial charge in [-0.3, -0.25) is 15.6 Å². The second kappa shape index (κ2) is 11.5. The Morgan fingerprint density at radius 3 is 2.46 bits per heavy atom. The highest BCUT2D eigenvalue weighted by Gasteiger charge is 2.37. The molecule has 39 heavy (non-hydrogen) atoms. The molecule has 9 heteroatoms. The quantitative estimate of drug-likeness (QED) is 0.282. The van der Waals surface area contributed by atoms with Gasteiger partial charge < -0.3 is 25.0 Å². The van der Waals surface area contributed by atoms with E-state index in [0.29, 0.717) is 29.9 Å². The molecule has 1 unspecified atom stereocenters. The average molecular weight is 534 g/mol. The number of benzene rings is 2. The number of rotatable bonds is 7. The number of fused-ring (bicyclic) bond motifs is 1. The Morgan fingerprint density at radius 2 is 1.82 bits per heavy atom. The van der Waals surface area contributed by atoms with Gasteiger partial charge in [0.05, 0.1) is 5.84 Å². The highest BCUT2D eigenvalue weighted by atomic mass is 16.6. The number of esters is 1. The third-order valence-corrected chi connectivity index (χ3v) is 7.13. The first-order valence-electron chi connectivity index (χ1n) is 13.5. The van der Waals surface area contributed by atoms with E-state index in [1.165, 1.54) is 0 Å². The lowest BCUT2D eigenvalue weighted by Gasteiger charge is -2.36. The fourth-order valence-electron chi connectivity index (χ4n) is 5.13. The molecule has 2 aromatic carbocycles. The summed E-state index contributed by atoms with van der Waals surface area (Å²) >= 11 is 0. The zero-order valence-corrected chi connectivity index (χ0v) is 23.3. The number of hydrogen-bond donors (Lipinski definition) is 3. The third-order valence-electron chi connectivity index (χ3n) is 7.13. The number of piperidine rings is 1. The maximum absolute atomic E-state index is 13.7. The van der Waals surface area contributed by atoms with Crippen LogP contribution in [0.1, 0.15) is 67.6 Å². The second-order valence-electron chi connectivity index (χ2n) is 11.3. The number of nitrogen functional groups attached to an aromatic ring is 1.